The van der Waals surface area contributed by atoms with E-state index in [-0.39, 0.29) is 18.6 Å². The standard InChI is InChI=1S/C22H27N3O3/c1-16-9-4-7-12-20(16)28-14-8-13-25-19-11-6-5-10-18(19)24-22(25)17(2)23-21(26)15-27-3/h4-7,9-12,17H,8,13-15H2,1-3H3,(H,23,26). The maximum atomic E-state index is 11.9. The summed E-state index contributed by atoms with van der Waals surface area (Å²) in [5, 5.41) is 2.94. The maximum Gasteiger partial charge on any atom is 0.246 e. The number of nitrogens with zero attached hydrogens (tertiary/aromatic N) is 2. The van der Waals surface area contributed by atoms with Crippen LogP contribution in [0, 0.1) is 6.92 Å². The molecule has 28 heavy (non-hydrogen) atoms. The number of aryl methyl sites for hydroxylation is 2. The average molecular weight is 381 g/mol. The van der Waals surface area contributed by atoms with Crippen molar-refractivity contribution < 1.29 is 14.3 Å². The fourth-order valence-electron chi connectivity index (χ4n) is 3.26. The van der Waals surface area contributed by atoms with E-state index in [2.05, 4.69) is 16.0 Å². The largest absolute Gasteiger partial charge is 0.493 e. The highest BCUT2D eigenvalue weighted by Gasteiger charge is 2.18. The third kappa shape index (κ3) is 4.70. The summed E-state index contributed by atoms with van der Waals surface area (Å²) in [7, 11) is 1.51. The molecule has 3 rings (SSSR count). The minimum Gasteiger partial charge on any atom is -0.493 e. The molecule has 148 valence electrons. The summed E-state index contributed by atoms with van der Waals surface area (Å²) in [6.07, 6.45) is 0.834. The molecule has 0 saturated heterocycles. The van der Waals surface area contributed by atoms with Gasteiger partial charge in [-0.3, -0.25) is 4.79 Å². The first-order chi connectivity index (χ1) is 13.6. The highest BCUT2D eigenvalue weighted by molar-refractivity contribution is 5.78. The lowest BCUT2D eigenvalue weighted by Crippen LogP contribution is -2.31. The number of hydrogen-bond acceptors (Lipinski definition) is 4. The zero-order chi connectivity index (χ0) is 19.9. The number of aromatic nitrogens is 2. The number of amides is 1. The molecule has 2 aromatic carbocycles. The van der Waals surface area contributed by atoms with Crippen LogP contribution in [0.5, 0.6) is 5.75 Å². The topological polar surface area (TPSA) is 65.4 Å². The van der Waals surface area contributed by atoms with Crippen molar-refractivity contribution in [2.75, 3.05) is 20.3 Å². The summed E-state index contributed by atoms with van der Waals surface area (Å²) >= 11 is 0. The van der Waals surface area contributed by atoms with E-state index in [1.54, 1.807) is 0 Å². The number of fused-ring (bicyclic) bond motifs is 1. The number of para-hydroxylation sites is 3. The van der Waals surface area contributed by atoms with Gasteiger partial charge in [0.25, 0.3) is 0 Å². The Morgan fingerprint density at radius 3 is 2.71 bits per heavy atom. The molecule has 0 saturated carbocycles. The Morgan fingerprint density at radius 2 is 1.93 bits per heavy atom. The molecule has 1 aromatic heterocycles. The van der Waals surface area contributed by atoms with Gasteiger partial charge in [0.15, 0.2) is 0 Å². The monoisotopic (exact) mass is 381 g/mol. The lowest BCUT2D eigenvalue weighted by molar-refractivity contribution is -0.125. The van der Waals surface area contributed by atoms with Crippen molar-refractivity contribution >= 4 is 16.9 Å². The number of imidazole rings is 1. The Balaban J connectivity index is 1.71. The van der Waals surface area contributed by atoms with Gasteiger partial charge in [0.2, 0.25) is 5.91 Å². The molecular weight excluding hydrogens is 354 g/mol. The molecule has 6 nitrogen and oxygen atoms in total. The summed E-state index contributed by atoms with van der Waals surface area (Å²) in [6.45, 7) is 5.39. The molecule has 1 atom stereocenters. The van der Waals surface area contributed by atoms with Crippen molar-refractivity contribution in [3.8, 4) is 5.75 Å². The summed E-state index contributed by atoms with van der Waals surface area (Å²) in [4.78, 5) is 16.7. The summed E-state index contributed by atoms with van der Waals surface area (Å²) in [6, 6.07) is 15.8. The highest BCUT2D eigenvalue weighted by atomic mass is 16.5. The Hall–Kier alpha value is -2.86. The first kappa shape index (κ1) is 19.9. The van der Waals surface area contributed by atoms with Crippen LogP contribution in [-0.2, 0) is 16.1 Å². The number of carbonyl (C=O) groups is 1. The molecule has 1 unspecified atom stereocenters. The predicted octanol–water partition coefficient (Wildman–Crippen LogP) is 3.64. The van der Waals surface area contributed by atoms with E-state index in [1.165, 1.54) is 7.11 Å². The number of ether oxygens (including phenoxy) is 2. The van der Waals surface area contributed by atoms with E-state index in [1.807, 2.05) is 56.3 Å². The van der Waals surface area contributed by atoms with Crippen molar-refractivity contribution in [2.45, 2.75) is 32.9 Å². The van der Waals surface area contributed by atoms with Crippen LogP contribution in [0.25, 0.3) is 11.0 Å². The third-order valence-electron chi connectivity index (χ3n) is 4.60. The molecule has 0 aliphatic carbocycles. The lowest BCUT2D eigenvalue weighted by atomic mass is 10.2. The number of methoxy groups -OCH3 is 1. The summed E-state index contributed by atoms with van der Waals surface area (Å²) in [5.41, 5.74) is 3.11. The Bertz CT molecular complexity index is 936. The molecular formula is C22H27N3O3. The number of rotatable bonds is 9. The molecule has 6 heteroatoms. The maximum absolute atomic E-state index is 11.9. The van der Waals surface area contributed by atoms with Gasteiger partial charge in [0.05, 0.1) is 23.7 Å². The van der Waals surface area contributed by atoms with Gasteiger partial charge in [0.1, 0.15) is 18.2 Å². The van der Waals surface area contributed by atoms with Crippen LogP contribution >= 0.6 is 0 Å². The van der Waals surface area contributed by atoms with E-state index in [0.717, 1.165) is 41.1 Å². The van der Waals surface area contributed by atoms with Gasteiger partial charge < -0.3 is 19.4 Å². The molecule has 0 spiro atoms. The Morgan fingerprint density at radius 1 is 1.18 bits per heavy atom. The summed E-state index contributed by atoms with van der Waals surface area (Å²) in [5.74, 6) is 1.59. The fourth-order valence-corrected chi connectivity index (χ4v) is 3.26. The molecule has 1 N–H and O–H groups in total. The lowest BCUT2D eigenvalue weighted by Gasteiger charge is -2.16. The summed E-state index contributed by atoms with van der Waals surface area (Å²) < 4.78 is 13.0. The normalized spacial score (nSPS) is 12.1. The second-order valence-electron chi connectivity index (χ2n) is 6.80. The van der Waals surface area contributed by atoms with Crippen LogP contribution in [0.3, 0.4) is 0 Å². The van der Waals surface area contributed by atoms with Crippen molar-refractivity contribution in [3.05, 3.63) is 59.9 Å². The smallest absolute Gasteiger partial charge is 0.246 e. The quantitative estimate of drug-likeness (QED) is 0.575. The predicted molar refractivity (Wildman–Crippen MR) is 109 cm³/mol. The van der Waals surface area contributed by atoms with Crippen LogP contribution in [-0.4, -0.2) is 35.8 Å². The second kappa shape index (κ2) is 9.37. The van der Waals surface area contributed by atoms with E-state index in [0.29, 0.717) is 6.61 Å². The van der Waals surface area contributed by atoms with Crippen molar-refractivity contribution in [1.82, 2.24) is 14.9 Å². The van der Waals surface area contributed by atoms with Crippen molar-refractivity contribution in [1.29, 1.82) is 0 Å². The molecule has 0 radical (unpaired) electrons. The molecule has 3 aromatic rings. The van der Waals surface area contributed by atoms with E-state index in [4.69, 9.17) is 14.5 Å². The van der Waals surface area contributed by atoms with E-state index < -0.39 is 0 Å². The molecule has 0 aliphatic rings. The number of nitrogens with one attached hydrogen (secondary N) is 1. The van der Waals surface area contributed by atoms with Gasteiger partial charge in [-0.05, 0) is 44.0 Å². The molecule has 1 heterocycles. The first-order valence-electron chi connectivity index (χ1n) is 9.52. The van der Waals surface area contributed by atoms with Gasteiger partial charge in [-0.2, -0.15) is 0 Å². The van der Waals surface area contributed by atoms with Gasteiger partial charge in [-0.1, -0.05) is 30.3 Å². The zero-order valence-corrected chi connectivity index (χ0v) is 16.6. The minimum atomic E-state index is -0.215. The zero-order valence-electron chi connectivity index (χ0n) is 16.6. The van der Waals surface area contributed by atoms with E-state index in [9.17, 15) is 4.79 Å². The van der Waals surface area contributed by atoms with Gasteiger partial charge in [0, 0.05) is 13.7 Å². The van der Waals surface area contributed by atoms with Crippen molar-refractivity contribution in [3.63, 3.8) is 0 Å². The average Bonchev–Trinajstić information content (AvgIpc) is 3.05. The second-order valence-corrected chi connectivity index (χ2v) is 6.80. The van der Waals surface area contributed by atoms with Crippen LogP contribution in [0.4, 0.5) is 0 Å². The van der Waals surface area contributed by atoms with Crippen LogP contribution in [0.2, 0.25) is 0 Å². The van der Waals surface area contributed by atoms with Gasteiger partial charge in [-0.25, -0.2) is 4.98 Å². The van der Waals surface area contributed by atoms with Crippen LogP contribution < -0.4 is 10.1 Å². The molecule has 0 bridgehead atoms. The van der Waals surface area contributed by atoms with Crippen LogP contribution in [0.1, 0.15) is 30.8 Å². The number of hydrogen-bond donors (Lipinski definition) is 1. The number of carbonyl (C=O) groups excluding carboxylic acids is 1. The SMILES string of the molecule is COCC(=O)NC(C)c1nc2ccccc2n1CCCOc1ccccc1C. The van der Waals surface area contributed by atoms with E-state index >= 15 is 0 Å². The van der Waals surface area contributed by atoms with Crippen molar-refractivity contribution in [2.24, 2.45) is 0 Å². The van der Waals surface area contributed by atoms with Gasteiger partial charge in [-0.15, -0.1) is 0 Å². The number of benzene rings is 2. The molecule has 0 aliphatic heterocycles. The molecule has 1 amide bonds. The third-order valence-corrected chi connectivity index (χ3v) is 4.60. The molecule has 0 fully saturated rings. The Kier molecular flexibility index (Phi) is 6.66. The fraction of sp³-hybridized carbons (Fsp3) is 0.364. The van der Waals surface area contributed by atoms with Gasteiger partial charge >= 0.3 is 0 Å². The Labute approximate surface area is 165 Å². The minimum absolute atomic E-state index is 0.0365. The van der Waals surface area contributed by atoms with Crippen LogP contribution in [0.15, 0.2) is 48.5 Å². The highest BCUT2D eigenvalue weighted by Crippen LogP contribution is 2.22. The first-order valence-corrected chi connectivity index (χ1v) is 9.52.